The summed E-state index contributed by atoms with van der Waals surface area (Å²) >= 11 is 0. The van der Waals surface area contributed by atoms with Gasteiger partial charge in [0.2, 0.25) is 0 Å². The van der Waals surface area contributed by atoms with Crippen molar-refractivity contribution >= 4 is 17.6 Å². The number of carbonyl (C=O) groups is 1. The second-order valence-corrected chi connectivity index (χ2v) is 11.4. The van der Waals surface area contributed by atoms with Crippen molar-refractivity contribution in [1.29, 1.82) is 0 Å². The van der Waals surface area contributed by atoms with E-state index in [1.54, 1.807) is 0 Å². The van der Waals surface area contributed by atoms with Gasteiger partial charge in [-0.25, -0.2) is 4.79 Å². The Kier molecular flexibility index (Phi) is 7.80. The van der Waals surface area contributed by atoms with Crippen LogP contribution in [0.15, 0.2) is 36.4 Å². The van der Waals surface area contributed by atoms with Crippen molar-refractivity contribution in [3.8, 4) is 0 Å². The lowest BCUT2D eigenvalue weighted by Crippen LogP contribution is -2.30. The Morgan fingerprint density at radius 2 is 1.56 bits per heavy atom. The van der Waals surface area contributed by atoms with Crippen LogP contribution < -0.4 is 0 Å². The first-order valence-corrected chi connectivity index (χ1v) is 13.0. The van der Waals surface area contributed by atoms with Crippen molar-refractivity contribution in [2.24, 2.45) is 11.8 Å². The fourth-order valence-corrected chi connectivity index (χ4v) is 5.87. The molecule has 34 heavy (non-hydrogen) atoms. The maximum atomic E-state index is 11.8. The molecule has 1 aliphatic carbocycles. The lowest BCUT2D eigenvalue weighted by molar-refractivity contribution is 0.0600. The molecule has 1 atom stereocenters. The summed E-state index contributed by atoms with van der Waals surface area (Å²) < 4.78 is 4.84. The number of methoxy groups -OCH3 is 1. The molecule has 0 aliphatic heterocycles. The van der Waals surface area contributed by atoms with E-state index < -0.39 is 0 Å². The second-order valence-electron chi connectivity index (χ2n) is 11.4. The van der Waals surface area contributed by atoms with E-state index in [4.69, 9.17) is 4.74 Å². The van der Waals surface area contributed by atoms with Crippen LogP contribution in [0.25, 0.3) is 11.6 Å². The predicted octanol–water partition coefficient (Wildman–Crippen LogP) is 8.61. The van der Waals surface area contributed by atoms with Crippen LogP contribution in [-0.2, 0) is 22.0 Å². The quantitative estimate of drug-likeness (QED) is 0.291. The average Bonchev–Trinajstić information content (AvgIpc) is 2.95. The van der Waals surface area contributed by atoms with Crippen LogP contribution in [0.5, 0.6) is 0 Å². The normalized spacial score (nSPS) is 18.8. The number of allylic oxidation sites excluding steroid dienone is 1. The molecular weight excluding hydrogens is 416 g/mol. The van der Waals surface area contributed by atoms with Crippen molar-refractivity contribution in [3.05, 3.63) is 69.8 Å². The molecule has 2 heteroatoms. The fourth-order valence-electron chi connectivity index (χ4n) is 5.87. The van der Waals surface area contributed by atoms with Gasteiger partial charge in [0, 0.05) is 0 Å². The molecular formula is C32H44O2. The maximum Gasteiger partial charge on any atom is 0.337 e. The molecule has 0 spiro atoms. The zero-order valence-electron chi connectivity index (χ0n) is 22.8. The summed E-state index contributed by atoms with van der Waals surface area (Å²) in [5, 5.41) is 0. The van der Waals surface area contributed by atoms with Gasteiger partial charge in [-0.05, 0) is 88.0 Å². The molecule has 3 rings (SSSR count). The van der Waals surface area contributed by atoms with Crippen LogP contribution in [0.4, 0.5) is 0 Å². The Labute approximate surface area is 207 Å². The van der Waals surface area contributed by atoms with Gasteiger partial charge in [0.1, 0.15) is 0 Å². The van der Waals surface area contributed by atoms with E-state index in [1.807, 2.05) is 24.3 Å². The topological polar surface area (TPSA) is 26.3 Å². The molecule has 0 bridgehead atoms. The van der Waals surface area contributed by atoms with Crippen LogP contribution in [0.2, 0.25) is 0 Å². The van der Waals surface area contributed by atoms with Crippen molar-refractivity contribution in [2.45, 2.75) is 91.9 Å². The molecule has 0 saturated heterocycles. The van der Waals surface area contributed by atoms with Gasteiger partial charge in [-0.2, -0.15) is 0 Å². The number of hydrogen-bond donors (Lipinski definition) is 0. The van der Waals surface area contributed by atoms with Gasteiger partial charge in [0.05, 0.1) is 12.7 Å². The largest absolute Gasteiger partial charge is 0.465 e. The molecule has 2 aromatic carbocycles. The summed E-state index contributed by atoms with van der Waals surface area (Å²) in [5.41, 5.74) is 9.16. The zero-order valence-corrected chi connectivity index (χ0v) is 22.8. The molecule has 0 amide bonds. The third-order valence-electron chi connectivity index (χ3n) is 8.91. The highest BCUT2D eigenvalue weighted by molar-refractivity contribution is 5.90. The van der Waals surface area contributed by atoms with E-state index in [-0.39, 0.29) is 16.8 Å². The van der Waals surface area contributed by atoms with Gasteiger partial charge in [-0.3, -0.25) is 0 Å². The van der Waals surface area contributed by atoms with E-state index in [9.17, 15) is 4.79 Å². The molecule has 0 radical (unpaired) electrons. The lowest BCUT2D eigenvalue weighted by Gasteiger charge is -2.32. The van der Waals surface area contributed by atoms with Gasteiger partial charge in [0.25, 0.3) is 0 Å². The van der Waals surface area contributed by atoms with Crippen LogP contribution >= 0.6 is 0 Å². The Morgan fingerprint density at radius 3 is 2.09 bits per heavy atom. The van der Waals surface area contributed by atoms with Crippen molar-refractivity contribution in [3.63, 3.8) is 0 Å². The number of ether oxygens (including phenoxy) is 1. The van der Waals surface area contributed by atoms with E-state index in [0.717, 1.165) is 17.9 Å². The summed E-state index contributed by atoms with van der Waals surface area (Å²) in [6, 6.07) is 12.7. The SMILES string of the molecule is CCC(CC)CCc1cc2c(cc1C(C)=Cc1ccc(C(=O)OC)cc1)C(C)(C)C(C)C2(C)C. The molecule has 1 unspecified atom stereocenters. The summed E-state index contributed by atoms with van der Waals surface area (Å²) in [5.74, 6) is 1.06. The summed E-state index contributed by atoms with van der Waals surface area (Å²) in [7, 11) is 1.42. The Morgan fingerprint density at radius 1 is 1.00 bits per heavy atom. The second kappa shape index (κ2) is 10.1. The molecule has 0 N–H and O–H groups in total. The number of aryl methyl sites for hydroxylation is 1. The molecule has 0 aromatic heterocycles. The molecule has 2 aromatic rings. The highest BCUT2D eigenvalue weighted by Gasteiger charge is 2.48. The highest BCUT2D eigenvalue weighted by Crippen LogP contribution is 2.54. The van der Waals surface area contributed by atoms with Crippen molar-refractivity contribution in [2.75, 3.05) is 7.11 Å². The van der Waals surface area contributed by atoms with Gasteiger partial charge in [-0.15, -0.1) is 0 Å². The minimum absolute atomic E-state index is 0.143. The average molecular weight is 461 g/mol. The fraction of sp³-hybridized carbons (Fsp3) is 0.531. The lowest BCUT2D eigenvalue weighted by atomic mass is 9.71. The zero-order chi connectivity index (χ0) is 25.3. The smallest absolute Gasteiger partial charge is 0.337 e. The summed E-state index contributed by atoms with van der Waals surface area (Å²) in [6.45, 7) is 18.9. The Balaban J connectivity index is 2.08. The van der Waals surface area contributed by atoms with Gasteiger partial charge in [0.15, 0.2) is 0 Å². The van der Waals surface area contributed by atoms with Crippen LogP contribution in [0.1, 0.15) is 113 Å². The number of hydrogen-bond acceptors (Lipinski definition) is 2. The first kappa shape index (κ1) is 26.3. The molecule has 0 fully saturated rings. The third-order valence-corrected chi connectivity index (χ3v) is 8.91. The Hall–Kier alpha value is -2.35. The van der Waals surface area contributed by atoms with Gasteiger partial charge >= 0.3 is 5.97 Å². The molecule has 0 saturated carbocycles. The molecule has 2 nitrogen and oxygen atoms in total. The number of rotatable bonds is 8. The number of fused-ring (bicyclic) bond motifs is 1. The predicted molar refractivity (Wildman–Crippen MR) is 145 cm³/mol. The van der Waals surface area contributed by atoms with Crippen molar-refractivity contribution < 1.29 is 9.53 Å². The first-order chi connectivity index (χ1) is 16.0. The van der Waals surface area contributed by atoms with E-state index in [2.05, 4.69) is 73.6 Å². The van der Waals surface area contributed by atoms with E-state index >= 15 is 0 Å². The van der Waals surface area contributed by atoms with E-state index in [0.29, 0.717) is 11.5 Å². The monoisotopic (exact) mass is 460 g/mol. The molecule has 184 valence electrons. The first-order valence-electron chi connectivity index (χ1n) is 13.0. The number of carbonyl (C=O) groups excluding carboxylic acids is 1. The van der Waals surface area contributed by atoms with Crippen LogP contribution in [0.3, 0.4) is 0 Å². The number of esters is 1. The molecule has 0 heterocycles. The van der Waals surface area contributed by atoms with Gasteiger partial charge in [-0.1, -0.05) is 91.6 Å². The minimum atomic E-state index is -0.298. The number of benzene rings is 2. The van der Waals surface area contributed by atoms with Crippen LogP contribution in [-0.4, -0.2) is 13.1 Å². The third kappa shape index (κ3) is 4.88. The minimum Gasteiger partial charge on any atom is -0.465 e. The summed E-state index contributed by atoms with van der Waals surface area (Å²) in [6.07, 6.45) is 7.09. The molecule has 1 aliphatic rings. The standard InChI is InChI=1S/C32H44O2/c1-10-23(11-2)12-17-26-19-28-29(32(7,8)22(4)31(28,5)6)20-27(26)21(3)18-24-13-15-25(16-14-24)30(33)34-9/h13-16,18-20,22-23H,10-12,17H2,1-9H3. The van der Waals surface area contributed by atoms with Crippen molar-refractivity contribution in [1.82, 2.24) is 0 Å². The van der Waals surface area contributed by atoms with Gasteiger partial charge < -0.3 is 4.74 Å². The summed E-state index contributed by atoms with van der Waals surface area (Å²) in [4.78, 5) is 11.8. The highest BCUT2D eigenvalue weighted by atomic mass is 16.5. The van der Waals surface area contributed by atoms with E-state index in [1.165, 1.54) is 54.2 Å². The Bertz CT molecular complexity index is 1050. The maximum absolute atomic E-state index is 11.8. The van der Waals surface area contributed by atoms with Crippen LogP contribution in [0, 0.1) is 11.8 Å².